The van der Waals surface area contributed by atoms with E-state index in [4.69, 9.17) is 9.84 Å². The maximum absolute atomic E-state index is 11.9. The number of carbonyl (C=O) groups is 3. The lowest BCUT2D eigenvalue weighted by molar-refractivity contribution is -0.141. The Hall–Kier alpha value is -1.48. The van der Waals surface area contributed by atoms with E-state index < -0.39 is 18.0 Å². The Bertz CT molecular complexity index is 366. The van der Waals surface area contributed by atoms with Gasteiger partial charge in [0.25, 0.3) is 0 Å². The number of amides is 3. The number of hydrogen-bond acceptors (Lipinski definition) is 5. The summed E-state index contributed by atoms with van der Waals surface area (Å²) in [4.78, 5) is 35.6. The summed E-state index contributed by atoms with van der Waals surface area (Å²) in [5.74, 6) is -0.314. The summed E-state index contributed by atoms with van der Waals surface area (Å²) >= 11 is 1.49. The van der Waals surface area contributed by atoms with Crippen LogP contribution < -0.4 is 10.6 Å². The van der Waals surface area contributed by atoms with Crippen LogP contribution >= 0.6 is 11.8 Å². The van der Waals surface area contributed by atoms with Gasteiger partial charge in [-0.05, 0) is 0 Å². The molecule has 3 amide bonds. The Morgan fingerprint density at radius 1 is 1.40 bits per heavy atom. The van der Waals surface area contributed by atoms with E-state index in [9.17, 15) is 14.4 Å². The summed E-state index contributed by atoms with van der Waals surface area (Å²) in [5, 5.41) is 14.0. The van der Waals surface area contributed by atoms with Gasteiger partial charge in [0.2, 0.25) is 5.91 Å². The van der Waals surface area contributed by atoms with E-state index in [0.717, 1.165) is 0 Å². The van der Waals surface area contributed by atoms with Crippen molar-refractivity contribution >= 4 is 29.7 Å². The second-order valence-electron chi connectivity index (χ2n) is 4.12. The maximum atomic E-state index is 11.9. The fraction of sp³-hybridized carbons (Fsp3) is 0.727. The van der Waals surface area contributed by atoms with Crippen molar-refractivity contribution in [3.05, 3.63) is 0 Å². The highest BCUT2D eigenvalue weighted by Crippen LogP contribution is 2.16. The first-order chi connectivity index (χ1) is 9.56. The molecule has 8 nitrogen and oxygen atoms in total. The molecule has 0 aliphatic carbocycles. The second kappa shape index (κ2) is 8.64. The van der Waals surface area contributed by atoms with E-state index in [1.165, 1.54) is 23.8 Å². The summed E-state index contributed by atoms with van der Waals surface area (Å²) in [6.07, 6.45) is 0. The highest BCUT2D eigenvalue weighted by atomic mass is 32.2. The molecular weight excluding hydrogens is 286 g/mol. The van der Waals surface area contributed by atoms with Gasteiger partial charge in [-0.3, -0.25) is 4.79 Å². The van der Waals surface area contributed by atoms with Gasteiger partial charge in [-0.1, -0.05) is 0 Å². The molecule has 3 N–H and O–H groups in total. The van der Waals surface area contributed by atoms with Gasteiger partial charge in [0.1, 0.15) is 6.04 Å². The summed E-state index contributed by atoms with van der Waals surface area (Å²) < 4.78 is 4.78. The minimum absolute atomic E-state index is 0.182. The molecule has 1 fully saturated rings. The summed E-state index contributed by atoms with van der Waals surface area (Å²) in [7, 11) is 1.52. The molecule has 0 aromatic carbocycles. The minimum Gasteiger partial charge on any atom is -0.480 e. The molecule has 1 atom stereocenters. The van der Waals surface area contributed by atoms with E-state index in [1.54, 1.807) is 0 Å². The molecular formula is C11H19N3O5S. The van der Waals surface area contributed by atoms with Crippen molar-refractivity contribution in [3.63, 3.8) is 0 Å². The van der Waals surface area contributed by atoms with Crippen LogP contribution in [0.5, 0.6) is 0 Å². The van der Waals surface area contributed by atoms with Crippen LogP contribution in [0.4, 0.5) is 4.79 Å². The van der Waals surface area contributed by atoms with Gasteiger partial charge in [-0.25, -0.2) is 9.59 Å². The molecule has 1 aliphatic rings. The van der Waals surface area contributed by atoms with E-state index in [2.05, 4.69) is 10.6 Å². The SMILES string of the molecule is COCCNC(=O)CNC(=O)N1CCSCC1C(=O)O. The predicted octanol–water partition coefficient (Wildman–Crippen LogP) is -1.04. The zero-order valence-corrected chi connectivity index (χ0v) is 12.1. The zero-order valence-electron chi connectivity index (χ0n) is 11.3. The number of ether oxygens (including phenoxy) is 1. The Kier molecular flexibility index (Phi) is 7.16. The summed E-state index contributed by atoms with van der Waals surface area (Å²) in [6.45, 7) is 0.935. The first-order valence-corrected chi connectivity index (χ1v) is 7.32. The van der Waals surface area contributed by atoms with Gasteiger partial charge in [-0.15, -0.1) is 0 Å². The quantitative estimate of drug-likeness (QED) is 0.541. The highest BCUT2D eigenvalue weighted by Gasteiger charge is 2.32. The van der Waals surface area contributed by atoms with E-state index in [-0.39, 0.29) is 12.5 Å². The number of aliphatic carboxylic acids is 1. The number of nitrogens with zero attached hydrogens (tertiary/aromatic N) is 1. The monoisotopic (exact) mass is 305 g/mol. The average Bonchev–Trinajstić information content (AvgIpc) is 2.45. The second-order valence-corrected chi connectivity index (χ2v) is 5.27. The molecule has 1 unspecified atom stereocenters. The highest BCUT2D eigenvalue weighted by molar-refractivity contribution is 7.99. The number of nitrogens with one attached hydrogen (secondary N) is 2. The largest absolute Gasteiger partial charge is 0.480 e. The van der Waals surface area contributed by atoms with Crippen LogP contribution in [0.15, 0.2) is 0 Å². The minimum atomic E-state index is -1.03. The molecule has 1 rings (SSSR count). The van der Waals surface area contributed by atoms with Gasteiger partial charge < -0.3 is 25.4 Å². The van der Waals surface area contributed by atoms with Gasteiger partial charge in [0, 0.05) is 31.7 Å². The van der Waals surface area contributed by atoms with Gasteiger partial charge >= 0.3 is 12.0 Å². The van der Waals surface area contributed by atoms with Crippen molar-refractivity contribution in [1.29, 1.82) is 0 Å². The van der Waals surface area contributed by atoms with Gasteiger partial charge in [-0.2, -0.15) is 11.8 Å². The van der Waals surface area contributed by atoms with Crippen molar-refractivity contribution in [3.8, 4) is 0 Å². The molecule has 1 aliphatic heterocycles. The van der Waals surface area contributed by atoms with Crippen molar-refractivity contribution in [2.45, 2.75) is 6.04 Å². The number of urea groups is 1. The van der Waals surface area contributed by atoms with Crippen molar-refractivity contribution in [2.24, 2.45) is 0 Å². The molecule has 1 saturated heterocycles. The number of thioether (sulfide) groups is 1. The number of hydrogen-bond donors (Lipinski definition) is 3. The number of rotatable bonds is 6. The molecule has 0 saturated carbocycles. The normalized spacial score (nSPS) is 18.4. The Morgan fingerprint density at radius 2 is 2.15 bits per heavy atom. The van der Waals surface area contributed by atoms with Gasteiger partial charge in [0.05, 0.1) is 13.2 Å². The van der Waals surface area contributed by atoms with Gasteiger partial charge in [0.15, 0.2) is 0 Å². The lowest BCUT2D eigenvalue weighted by Crippen LogP contribution is -2.55. The molecule has 0 aromatic heterocycles. The first-order valence-electron chi connectivity index (χ1n) is 6.17. The fourth-order valence-corrected chi connectivity index (χ4v) is 2.70. The number of carboxylic acid groups (broad SMARTS) is 1. The van der Waals surface area contributed by atoms with E-state index >= 15 is 0 Å². The zero-order chi connectivity index (χ0) is 15.0. The van der Waals surface area contributed by atoms with Crippen molar-refractivity contribution in [1.82, 2.24) is 15.5 Å². The molecule has 20 heavy (non-hydrogen) atoms. The third-order valence-electron chi connectivity index (χ3n) is 2.70. The lowest BCUT2D eigenvalue weighted by atomic mass is 10.3. The Morgan fingerprint density at radius 3 is 2.80 bits per heavy atom. The first kappa shape index (κ1) is 16.6. The van der Waals surface area contributed by atoms with Crippen LogP contribution in [0.3, 0.4) is 0 Å². The molecule has 0 spiro atoms. The summed E-state index contributed by atoms with van der Waals surface area (Å²) in [5.41, 5.74) is 0. The molecule has 0 radical (unpaired) electrons. The topological polar surface area (TPSA) is 108 Å². The average molecular weight is 305 g/mol. The molecule has 9 heteroatoms. The Balaban J connectivity index is 2.37. The number of methoxy groups -OCH3 is 1. The molecule has 0 aromatic rings. The van der Waals surface area contributed by atoms with Crippen molar-refractivity contribution in [2.75, 3.05) is 44.9 Å². The molecule has 1 heterocycles. The van der Waals surface area contributed by atoms with E-state index in [1.807, 2.05) is 0 Å². The van der Waals surface area contributed by atoms with Crippen LogP contribution in [0.25, 0.3) is 0 Å². The third kappa shape index (κ3) is 5.25. The fourth-order valence-electron chi connectivity index (χ4n) is 1.66. The number of carbonyl (C=O) groups excluding carboxylic acids is 2. The lowest BCUT2D eigenvalue weighted by Gasteiger charge is -2.32. The smallest absolute Gasteiger partial charge is 0.327 e. The van der Waals surface area contributed by atoms with Crippen molar-refractivity contribution < 1.29 is 24.2 Å². The molecule has 0 bridgehead atoms. The maximum Gasteiger partial charge on any atom is 0.327 e. The van der Waals surface area contributed by atoms with Crippen LogP contribution in [-0.2, 0) is 14.3 Å². The summed E-state index contributed by atoms with van der Waals surface area (Å²) in [6, 6.07) is -1.37. The number of carboxylic acids is 1. The van der Waals surface area contributed by atoms with Crippen LogP contribution in [0, 0.1) is 0 Å². The molecule has 114 valence electrons. The van der Waals surface area contributed by atoms with Crippen LogP contribution in [0.1, 0.15) is 0 Å². The third-order valence-corrected chi connectivity index (χ3v) is 3.73. The van der Waals surface area contributed by atoms with Crippen LogP contribution in [-0.4, -0.2) is 78.8 Å². The predicted molar refractivity (Wildman–Crippen MR) is 73.7 cm³/mol. The van der Waals surface area contributed by atoms with E-state index in [0.29, 0.717) is 31.2 Å². The Labute approximate surface area is 121 Å². The standard InChI is InChI=1S/C11H19N3O5S/c1-19-4-2-12-9(15)6-13-11(18)14-3-5-20-7-8(14)10(16)17/h8H,2-7H2,1H3,(H,12,15)(H,13,18)(H,16,17). The van der Waals surface area contributed by atoms with Crippen LogP contribution in [0.2, 0.25) is 0 Å².